The Morgan fingerprint density at radius 1 is 1.17 bits per heavy atom. The third-order valence-electron chi connectivity index (χ3n) is 2.37. The fourth-order valence-electron chi connectivity index (χ4n) is 1.46. The number of urea groups is 1. The average Bonchev–Trinajstić information content (AvgIpc) is 2.42. The van der Waals surface area contributed by atoms with Crippen LogP contribution in [-0.2, 0) is 14.3 Å². The molecule has 0 aromatic heterocycles. The van der Waals surface area contributed by atoms with E-state index in [4.69, 9.17) is 4.74 Å². The van der Waals surface area contributed by atoms with Crippen LogP contribution in [0.15, 0.2) is 34.8 Å². The van der Waals surface area contributed by atoms with E-state index >= 15 is 0 Å². The van der Waals surface area contributed by atoms with Crippen molar-refractivity contribution in [1.29, 1.82) is 0 Å². The molecule has 1 aromatic rings. The minimum absolute atomic E-state index is 0.464. The van der Waals surface area contributed by atoms with Crippen LogP contribution in [0, 0.1) is 0 Å². The highest BCUT2D eigenvalue weighted by Gasteiger charge is 2.16. The summed E-state index contributed by atoms with van der Waals surface area (Å²) in [6, 6.07) is 6.68. The van der Waals surface area contributed by atoms with Crippen LogP contribution in [0.25, 0.3) is 6.08 Å². The number of hydrogen-bond acceptors (Lipinski definition) is 4. The average molecular weight is 383 g/mol. The van der Waals surface area contributed by atoms with Crippen molar-refractivity contribution in [3.8, 4) is 0 Å². The summed E-state index contributed by atoms with van der Waals surface area (Å²) < 4.78 is 5.69. The third-order valence-corrected chi connectivity index (χ3v) is 2.90. The highest BCUT2D eigenvalue weighted by Crippen LogP contribution is 2.11. The first-order valence-electron chi connectivity index (χ1n) is 6.88. The van der Waals surface area contributed by atoms with Crippen LogP contribution in [-0.4, -0.2) is 30.1 Å². The fourth-order valence-corrected chi connectivity index (χ4v) is 1.72. The maximum Gasteiger partial charge on any atom is 0.331 e. The largest absolute Gasteiger partial charge is 0.452 e. The quantitative estimate of drug-likeness (QED) is 0.619. The molecule has 0 spiro atoms. The lowest BCUT2D eigenvalue weighted by atomic mass is 10.1. The second-order valence-corrected chi connectivity index (χ2v) is 6.66. The maximum absolute atomic E-state index is 11.5. The number of nitrogens with one attached hydrogen (secondary N) is 2. The molecule has 0 aliphatic heterocycles. The Bertz CT molecular complexity index is 604. The molecule has 0 saturated carbocycles. The number of benzene rings is 1. The van der Waals surface area contributed by atoms with Crippen molar-refractivity contribution in [3.63, 3.8) is 0 Å². The topological polar surface area (TPSA) is 84.5 Å². The number of carbonyl (C=O) groups is 3. The van der Waals surface area contributed by atoms with Gasteiger partial charge in [0.05, 0.1) is 0 Å². The Morgan fingerprint density at radius 2 is 1.78 bits per heavy atom. The zero-order chi connectivity index (χ0) is 17.5. The van der Waals surface area contributed by atoms with Crippen molar-refractivity contribution in [3.05, 3.63) is 40.4 Å². The van der Waals surface area contributed by atoms with E-state index in [0.717, 1.165) is 10.0 Å². The van der Waals surface area contributed by atoms with Crippen molar-refractivity contribution < 1.29 is 19.1 Å². The van der Waals surface area contributed by atoms with Crippen molar-refractivity contribution in [2.75, 3.05) is 6.61 Å². The van der Waals surface area contributed by atoms with Crippen molar-refractivity contribution in [2.24, 2.45) is 0 Å². The first-order chi connectivity index (χ1) is 10.7. The summed E-state index contributed by atoms with van der Waals surface area (Å²) in [5.41, 5.74) is 0.355. The van der Waals surface area contributed by atoms with Gasteiger partial charge in [0.25, 0.3) is 5.91 Å². The molecule has 1 rings (SSSR count). The summed E-state index contributed by atoms with van der Waals surface area (Å²) in [5, 5.41) is 4.64. The molecule has 2 N–H and O–H groups in total. The van der Waals surface area contributed by atoms with Crippen LogP contribution in [0.5, 0.6) is 0 Å². The number of carbonyl (C=O) groups excluding carboxylic acids is 3. The molecule has 0 atom stereocenters. The van der Waals surface area contributed by atoms with Gasteiger partial charge in [-0.3, -0.25) is 10.1 Å². The van der Waals surface area contributed by atoms with Crippen molar-refractivity contribution >= 4 is 39.9 Å². The van der Waals surface area contributed by atoms with E-state index in [2.05, 4.69) is 26.6 Å². The van der Waals surface area contributed by atoms with Gasteiger partial charge in [-0.15, -0.1) is 0 Å². The van der Waals surface area contributed by atoms with Gasteiger partial charge < -0.3 is 10.1 Å². The van der Waals surface area contributed by atoms with Crippen molar-refractivity contribution in [1.82, 2.24) is 10.6 Å². The summed E-state index contributed by atoms with van der Waals surface area (Å²) in [5.74, 6) is -1.36. The summed E-state index contributed by atoms with van der Waals surface area (Å²) >= 11 is 3.31. The standard InChI is InChI=1S/C16H19BrN2O4/c1-16(2,3)19-15(22)18-13(20)10-23-14(21)9-6-11-4-7-12(17)8-5-11/h4-9H,10H2,1-3H3,(H2,18,19,20,22)/b9-6+. The van der Waals surface area contributed by atoms with Gasteiger partial charge in [-0.1, -0.05) is 28.1 Å². The van der Waals surface area contributed by atoms with Crippen LogP contribution >= 0.6 is 15.9 Å². The van der Waals surface area contributed by atoms with E-state index in [9.17, 15) is 14.4 Å². The number of halogens is 1. The predicted molar refractivity (Wildman–Crippen MR) is 90.6 cm³/mol. The molecule has 0 aliphatic carbocycles. The predicted octanol–water partition coefficient (Wildman–Crippen LogP) is 2.63. The first-order valence-corrected chi connectivity index (χ1v) is 7.67. The number of amides is 3. The number of esters is 1. The maximum atomic E-state index is 11.5. The summed E-state index contributed by atoms with van der Waals surface area (Å²) in [6.07, 6.45) is 2.78. The Labute approximate surface area is 143 Å². The van der Waals surface area contributed by atoms with E-state index in [-0.39, 0.29) is 0 Å². The van der Waals surface area contributed by atoms with Gasteiger partial charge in [-0.05, 0) is 44.5 Å². The van der Waals surface area contributed by atoms with Crippen LogP contribution in [0.1, 0.15) is 26.3 Å². The van der Waals surface area contributed by atoms with Gasteiger partial charge in [0.1, 0.15) is 0 Å². The summed E-state index contributed by atoms with van der Waals surface area (Å²) in [6.45, 7) is 4.82. The molecule has 0 aliphatic rings. The molecule has 0 saturated heterocycles. The van der Waals surface area contributed by atoms with Gasteiger partial charge in [0.15, 0.2) is 6.61 Å². The molecule has 1 aromatic carbocycles. The van der Waals surface area contributed by atoms with Crippen LogP contribution in [0.3, 0.4) is 0 Å². The first kappa shape index (κ1) is 18.9. The Balaban J connectivity index is 2.36. The molecule has 23 heavy (non-hydrogen) atoms. The minimum Gasteiger partial charge on any atom is -0.452 e. The Hall–Kier alpha value is -2.15. The minimum atomic E-state index is -0.697. The Morgan fingerprint density at radius 3 is 2.35 bits per heavy atom. The number of hydrogen-bond donors (Lipinski definition) is 2. The highest BCUT2D eigenvalue weighted by atomic mass is 79.9. The Kier molecular flexibility index (Phi) is 6.96. The monoisotopic (exact) mass is 382 g/mol. The molecular weight excluding hydrogens is 364 g/mol. The molecule has 0 fully saturated rings. The van der Waals surface area contributed by atoms with Gasteiger partial charge in [-0.25, -0.2) is 9.59 Å². The molecule has 124 valence electrons. The van der Waals surface area contributed by atoms with E-state index in [1.54, 1.807) is 26.8 Å². The van der Waals surface area contributed by atoms with Crippen LogP contribution in [0.4, 0.5) is 4.79 Å². The second kappa shape index (κ2) is 8.47. The van der Waals surface area contributed by atoms with Crippen LogP contribution in [0.2, 0.25) is 0 Å². The fraction of sp³-hybridized carbons (Fsp3) is 0.312. The van der Waals surface area contributed by atoms with Gasteiger partial charge >= 0.3 is 12.0 Å². The summed E-state index contributed by atoms with van der Waals surface area (Å²) in [7, 11) is 0. The molecule has 0 radical (unpaired) electrons. The van der Waals surface area contributed by atoms with E-state index in [1.165, 1.54) is 6.08 Å². The van der Waals surface area contributed by atoms with Gasteiger partial charge in [0, 0.05) is 16.1 Å². The number of imide groups is 1. The van der Waals surface area contributed by atoms with E-state index in [1.807, 2.05) is 24.3 Å². The van der Waals surface area contributed by atoms with Crippen LogP contribution < -0.4 is 10.6 Å². The molecule has 0 bridgehead atoms. The van der Waals surface area contributed by atoms with E-state index in [0.29, 0.717) is 0 Å². The lowest BCUT2D eigenvalue weighted by molar-refractivity contribution is -0.143. The molecule has 6 nitrogen and oxygen atoms in total. The van der Waals surface area contributed by atoms with Gasteiger partial charge in [-0.2, -0.15) is 0 Å². The highest BCUT2D eigenvalue weighted by molar-refractivity contribution is 9.10. The number of ether oxygens (including phenoxy) is 1. The normalized spacial score (nSPS) is 11.1. The van der Waals surface area contributed by atoms with Crippen molar-refractivity contribution in [2.45, 2.75) is 26.3 Å². The van der Waals surface area contributed by atoms with Gasteiger partial charge in [0.2, 0.25) is 0 Å². The lowest BCUT2D eigenvalue weighted by Gasteiger charge is -2.20. The smallest absolute Gasteiger partial charge is 0.331 e. The molecule has 3 amide bonds. The molecule has 7 heteroatoms. The third kappa shape index (κ3) is 8.77. The molecule has 0 heterocycles. The SMILES string of the molecule is CC(C)(C)NC(=O)NC(=O)COC(=O)/C=C/c1ccc(Br)cc1. The lowest BCUT2D eigenvalue weighted by Crippen LogP contribution is -2.49. The summed E-state index contributed by atoms with van der Waals surface area (Å²) in [4.78, 5) is 34.4. The zero-order valence-electron chi connectivity index (χ0n) is 13.2. The zero-order valence-corrected chi connectivity index (χ0v) is 14.8. The molecule has 0 unspecified atom stereocenters. The number of rotatable bonds is 4. The van der Waals surface area contributed by atoms with E-state index < -0.39 is 30.1 Å². The second-order valence-electron chi connectivity index (χ2n) is 5.74. The molecular formula is C16H19BrN2O4.